The molecule has 0 aliphatic heterocycles. The van der Waals surface area contributed by atoms with E-state index in [1.54, 1.807) is 11.3 Å². The van der Waals surface area contributed by atoms with E-state index in [2.05, 4.69) is 20.4 Å². The van der Waals surface area contributed by atoms with Crippen LogP contribution in [0.2, 0.25) is 0 Å². The predicted molar refractivity (Wildman–Crippen MR) is 120 cm³/mol. The molecule has 9 heteroatoms. The zero-order valence-electron chi connectivity index (χ0n) is 17.4. The first-order chi connectivity index (χ1) is 15.2. The number of ether oxygens (including phenoxy) is 1. The van der Waals surface area contributed by atoms with Crippen LogP contribution in [0.1, 0.15) is 32.1 Å². The van der Waals surface area contributed by atoms with E-state index in [1.165, 1.54) is 0 Å². The highest BCUT2D eigenvalue weighted by molar-refractivity contribution is 7.13. The summed E-state index contributed by atoms with van der Waals surface area (Å²) < 4.78 is 12.8. The van der Waals surface area contributed by atoms with Crippen molar-refractivity contribution < 1.29 is 14.1 Å². The maximum absolute atomic E-state index is 12.5. The average molecular weight is 440 g/mol. The quantitative estimate of drug-likeness (QED) is 0.345. The third-order valence-corrected chi connectivity index (χ3v) is 5.65. The van der Waals surface area contributed by atoms with Crippen molar-refractivity contribution >= 4 is 34.2 Å². The molecule has 0 unspecified atom stereocenters. The van der Waals surface area contributed by atoms with Gasteiger partial charge in [-0.05, 0) is 43.3 Å². The lowest BCUT2D eigenvalue weighted by molar-refractivity contribution is -0.116. The number of aromatic nitrogens is 4. The van der Waals surface area contributed by atoms with Crippen molar-refractivity contribution in [1.29, 1.82) is 0 Å². The van der Waals surface area contributed by atoms with Gasteiger partial charge < -0.3 is 13.8 Å². The Balaban J connectivity index is 1.33. The topological polar surface area (TPSA) is 95.1 Å². The van der Waals surface area contributed by atoms with Crippen LogP contribution in [0.4, 0.5) is 5.95 Å². The van der Waals surface area contributed by atoms with E-state index in [1.807, 2.05) is 53.3 Å². The molecule has 4 rings (SSSR count). The summed E-state index contributed by atoms with van der Waals surface area (Å²) in [7, 11) is 0. The Hall–Kier alpha value is -3.04. The van der Waals surface area contributed by atoms with Crippen molar-refractivity contribution in [2.75, 3.05) is 18.5 Å². The van der Waals surface area contributed by atoms with Crippen molar-refractivity contribution in [3.63, 3.8) is 0 Å². The number of carbonyl (C=O) groups excluding carboxylic acids is 1. The van der Waals surface area contributed by atoms with Crippen LogP contribution >= 0.6 is 11.3 Å². The minimum atomic E-state index is -0.0839. The van der Waals surface area contributed by atoms with Gasteiger partial charge in [-0.3, -0.25) is 10.1 Å². The number of nitrogens with one attached hydrogen (secondary N) is 1. The molecule has 0 aliphatic carbocycles. The standard InChI is InChI=1S/C22H25N5O3S/c1-2-29-14-7-13-27-17-9-4-3-8-16(17)23-22(27)24-19(28)11-5-12-20-25-21(26-30-20)18-10-6-15-31-18/h3-4,6,8-10,15H,2,5,7,11-14H2,1H3,(H,23,24,28). The van der Waals surface area contributed by atoms with Gasteiger partial charge in [0.2, 0.25) is 23.6 Å². The van der Waals surface area contributed by atoms with Gasteiger partial charge in [-0.1, -0.05) is 23.4 Å². The third kappa shape index (κ3) is 5.36. The summed E-state index contributed by atoms with van der Waals surface area (Å²) in [5.41, 5.74) is 1.86. The molecule has 0 aliphatic rings. The smallest absolute Gasteiger partial charge is 0.226 e. The van der Waals surface area contributed by atoms with Crippen LogP contribution in [0, 0.1) is 0 Å². The van der Waals surface area contributed by atoms with E-state index in [9.17, 15) is 4.79 Å². The highest BCUT2D eigenvalue weighted by Crippen LogP contribution is 2.22. The number of amides is 1. The molecule has 1 amide bonds. The lowest BCUT2D eigenvalue weighted by Gasteiger charge is -2.10. The molecule has 0 saturated heterocycles. The maximum Gasteiger partial charge on any atom is 0.226 e. The predicted octanol–water partition coefficient (Wildman–Crippen LogP) is 4.54. The molecular weight excluding hydrogens is 414 g/mol. The minimum absolute atomic E-state index is 0.0839. The molecule has 1 N–H and O–H groups in total. The van der Waals surface area contributed by atoms with E-state index in [4.69, 9.17) is 9.26 Å². The van der Waals surface area contributed by atoms with Crippen LogP contribution in [-0.2, 0) is 22.5 Å². The van der Waals surface area contributed by atoms with Crippen LogP contribution in [0.5, 0.6) is 0 Å². The van der Waals surface area contributed by atoms with Crippen molar-refractivity contribution in [1.82, 2.24) is 19.7 Å². The Bertz CT molecular complexity index is 1120. The molecule has 162 valence electrons. The molecule has 8 nitrogen and oxygen atoms in total. The van der Waals surface area contributed by atoms with Crippen LogP contribution in [0.25, 0.3) is 21.7 Å². The molecule has 4 aromatic rings. The number of anilines is 1. The number of imidazole rings is 1. The number of fused-ring (bicyclic) bond motifs is 1. The van der Waals surface area contributed by atoms with Gasteiger partial charge in [-0.2, -0.15) is 4.98 Å². The van der Waals surface area contributed by atoms with Crippen LogP contribution in [-0.4, -0.2) is 38.8 Å². The Labute approximate surface area is 184 Å². The van der Waals surface area contributed by atoms with Gasteiger partial charge >= 0.3 is 0 Å². The van der Waals surface area contributed by atoms with Gasteiger partial charge in [0.15, 0.2) is 0 Å². The van der Waals surface area contributed by atoms with E-state index < -0.39 is 0 Å². The highest BCUT2D eigenvalue weighted by atomic mass is 32.1. The fraction of sp³-hybridized carbons (Fsp3) is 0.364. The summed E-state index contributed by atoms with van der Waals surface area (Å²) in [5.74, 6) is 1.62. The number of thiophene rings is 1. The second-order valence-corrected chi connectivity index (χ2v) is 7.96. The van der Waals surface area contributed by atoms with E-state index in [-0.39, 0.29) is 5.91 Å². The van der Waals surface area contributed by atoms with Gasteiger partial charge in [-0.25, -0.2) is 4.98 Å². The molecule has 1 aromatic carbocycles. The van der Waals surface area contributed by atoms with E-state index in [0.29, 0.717) is 50.1 Å². The molecular formula is C22H25N5O3S. The normalized spacial score (nSPS) is 11.3. The zero-order chi connectivity index (χ0) is 21.5. The molecule has 0 bridgehead atoms. The SMILES string of the molecule is CCOCCCn1c(NC(=O)CCCc2nc(-c3cccs3)no2)nc2ccccc21. The van der Waals surface area contributed by atoms with Gasteiger partial charge in [0, 0.05) is 32.6 Å². The second kappa shape index (κ2) is 10.3. The summed E-state index contributed by atoms with van der Waals surface area (Å²) in [6.45, 7) is 4.08. The molecule has 0 atom stereocenters. The molecule has 0 radical (unpaired) electrons. The Morgan fingerprint density at radius 2 is 2.10 bits per heavy atom. The molecule has 0 spiro atoms. The second-order valence-electron chi connectivity index (χ2n) is 7.02. The first-order valence-corrected chi connectivity index (χ1v) is 11.3. The van der Waals surface area contributed by atoms with Crippen molar-refractivity contribution in [3.8, 4) is 10.7 Å². The summed E-state index contributed by atoms with van der Waals surface area (Å²) in [4.78, 5) is 22.5. The number of para-hydroxylation sites is 2. The number of nitrogens with zero attached hydrogens (tertiary/aromatic N) is 4. The first kappa shape index (κ1) is 21.2. The van der Waals surface area contributed by atoms with Gasteiger partial charge in [-0.15, -0.1) is 11.3 Å². The van der Waals surface area contributed by atoms with Crippen molar-refractivity contribution in [2.24, 2.45) is 0 Å². The average Bonchev–Trinajstić information content (AvgIpc) is 3.51. The van der Waals surface area contributed by atoms with Crippen molar-refractivity contribution in [2.45, 2.75) is 39.2 Å². The summed E-state index contributed by atoms with van der Waals surface area (Å²) in [6.07, 6.45) is 2.36. The minimum Gasteiger partial charge on any atom is -0.382 e. The molecule has 0 fully saturated rings. The molecule has 0 saturated carbocycles. The fourth-order valence-corrected chi connectivity index (χ4v) is 3.97. The first-order valence-electron chi connectivity index (χ1n) is 10.4. The Morgan fingerprint density at radius 3 is 2.94 bits per heavy atom. The lowest BCUT2D eigenvalue weighted by atomic mass is 10.2. The molecule has 31 heavy (non-hydrogen) atoms. The third-order valence-electron chi connectivity index (χ3n) is 4.78. The number of hydrogen-bond acceptors (Lipinski definition) is 7. The van der Waals surface area contributed by atoms with Crippen LogP contribution in [0.15, 0.2) is 46.3 Å². The number of carbonyl (C=O) groups is 1. The zero-order valence-corrected chi connectivity index (χ0v) is 18.2. The maximum atomic E-state index is 12.5. The number of aryl methyl sites for hydroxylation is 2. The number of benzene rings is 1. The Kier molecular flexibility index (Phi) is 7.06. The van der Waals surface area contributed by atoms with Crippen LogP contribution < -0.4 is 5.32 Å². The van der Waals surface area contributed by atoms with E-state index >= 15 is 0 Å². The molecule has 3 aromatic heterocycles. The highest BCUT2D eigenvalue weighted by Gasteiger charge is 2.14. The summed E-state index contributed by atoms with van der Waals surface area (Å²) in [5, 5.41) is 8.94. The van der Waals surface area contributed by atoms with Crippen molar-refractivity contribution in [3.05, 3.63) is 47.7 Å². The van der Waals surface area contributed by atoms with Gasteiger partial charge in [0.05, 0.1) is 15.9 Å². The largest absolute Gasteiger partial charge is 0.382 e. The summed E-state index contributed by atoms with van der Waals surface area (Å²) >= 11 is 1.56. The monoisotopic (exact) mass is 439 g/mol. The molecule has 3 heterocycles. The lowest BCUT2D eigenvalue weighted by Crippen LogP contribution is -2.16. The van der Waals surface area contributed by atoms with Gasteiger partial charge in [0.25, 0.3) is 0 Å². The number of rotatable bonds is 11. The Morgan fingerprint density at radius 1 is 1.19 bits per heavy atom. The van der Waals surface area contributed by atoms with Gasteiger partial charge in [0.1, 0.15) is 0 Å². The fourth-order valence-electron chi connectivity index (χ4n) is 3.32. The van der Waals surface area contributed by atoms with E-state index in [0.717, 1.165) is 28.9 Å². The van der Waals surface area contributed by atoms with Crippen LogP contribution in [0.3, 0.4) is 0 Å². The number of hydrogen-bond donors (Lipinski definition) is 1. The summed E-state index contributed by atoms with van der Waals surface area (Å²) in [6, 6.07) is 11.8.